The van der Waals surface area contributed by atoms with E-state index >= 15 is 0 Å². The van der Waals surface area contributed by atoms with Crippen LogP contribution in [0.5, 0.6) is 5.75 Å². The number of guanidine groups is 1. The van der Waals surface area contributed by atoms with E-state index in [0.29, 0.717) is 13.1 Å². The molecule has 0 atom stereocenters. The molecule has 150 valence electrons. The quantitative estimate of drug-likeness (QED) is 0.506. The minimum absolute atomic E-state index is 0.206. The lowest BCUT2D eigenvalue weighted by molar-refractivity contribution is -0.138. The molecule has 0 spiro atoms. The van der Waals surface area contributed by atoms with Crippen LogP contribution in [0, 0.1) is 5.41 Å². The highest BCUT2D eigenvalue weighted by atomic mass is 79.9. The van der Waals surface area contributed by atoms with E-state index in [9.17, 15) is 4.79 Å². The highest BCUT2D eigenvalue weighted by molar-refractivity contribution is 9.10. The maximum atomic E-state index is 12.7. The van der Waals surface area contributed by atoms with Crippen LogP contribution >= 0.6 is 15.9 Å². The van der Waals surface area contributed by atoms with Crippen LogP contribution in [0.15, 0.2) is 27.7 Å². The molecule has 0 aliphatic heterocycles. The molecule has 1 aromatic rings. The zero-order chi connectivity index (χ0) is 19.9. The number of halogens is 1. The van der Waals surface area contributed by atoms with E-state index in [4.69, 9.17) is 9.73 Å². The molecule has 1 aromatic carbocycles. The van der Waals surface area contributed by atoms with Crippen LogP contribution in [-0.4, -0.2) is 51.1 Å². The Morgan fingerprint density at radius 1 is 1.30 bits per heavy atom. The Kier molecular flexibility index (Phi) is 7.95. The van der Waals surface area contributed by atoms with E-state index in [1.807, 2.05) is 39.2 Å². The average molecular weight is 439 g/mol. The first-order chi connectivity index (χ1) is 12.9. The number of carbonyl (C=O) groups excluding carboxylic acids is 1. The third-order valence-electron chi connectivity index (χ3n) is 5.01. The van der Waals surface area contributed by atoms with Gasteiger partial charge in [-0.3, -0.25) is 4.79 Å². The van der Waals surface area contributed by atoms with E-state index in [0.717, 1.165) is 54.0 Å². The Morgan fingerprint density at radius 2 is 2.00 bits per heavy atom. The Balaban J connectivity index is 2.11. The number of nitrogens with zero attached hydrogens (tertiary/aromatic N) is 2. The molecule has 0 radical (unpaired) electrons. The van der Waals surface area contributed by atoms with Gasteiger partial charge in [0.25, 0.3) is 0 Å². The first kappa shape index (κ1) is 21.5. The summed E-state index contributed by atoms with van der Waals surface area (Å²) in [5.74, 6) is 1.74. The number of nitrogens with one attached hydrogen (secondary N) is 2. The summed E-state index contributed by atoms with van der Waals surface area (Å²) in [5, 5.41) is 6.68. The zero-order valence-electron chi connectivity index (χ0n) is 16.8. The van der Waals surface area contributed by atoms with Crippen molar-refractivity contribution in [2.75, 3.05) is 34.3 Å². The molecular formula is C20H31BrN4O2. The molecule has 0 heterocycles. The normalized spacial score (nSPS) is 16.1. The lowest BCUT2D eigenvalue weighted by Crippen LogP contribution is -2.49. The molecule has 2 N–H and O–H groups in total. The molecule has 0 unspecified atom stereocenters. The summed E-state index contributed by atoms with van der Waals surface area (Å²) >= 11 is 3.50. The molecule has 2 rings (SSSR count). The first-order valence-corrected chi connectivity index (χ1v) is 10.3. The monoisotopic (exact) mass is 438 g/mol. The van der Waals surface area contributed by atoms with E-state index < -0.39 is 0 Å². The van der Waals surface area contributed by atoms with E-state index in [2.05, 4.69) is 26.6 Å². The molecule has 0 saturated heterocycles. The van der Waals surface area contributed by atoms with Gasteiger partial charge in [-0.2, -0.15) is 0 Å². The van der Waals surface area contributed by atoms with Gasteiger partial charge in [0.05, 0.1) is 19.1 Å². The summed E-state index contributed by atoms with van der Waals surface area (Å²) in [6, 6.07) is 5.89. The molecule has 1 aliphatic rings. The fourth-order valence-corrected chi connectivity index (χ4v) is 4.03. The van der Waals surface area contributed by atoms with Crippen molar-refractivity contribution in [2.24, 2.45) is 10.4 Å². The molecule has 1 fully saturated rings. The van der Waals surface area contributed by atoms with Crippen molar-refractivity contribution in [3.8, 4) is 5.75 Å². The van der Waals surface area contributed by atoms with Crippen LogP contribution in [0.1, 0.15) is 38.2 Å². The largest absolute Gasteiger partial charge is 0.496 e. The van der Waals surface area contributed by atoms with Crippen LogP contribution in [0.4, 0.5) is 0 Å². The Labute approximate surface area is 170 Å². The van der Waals surface area contributed by atoms with Gasteiger partial charge >= 0.3 is 0 Å². The Bertz CT molecular complexity index is 670. The lowest BCUT2D eigenvalue weighted by Gasteiger charge is -2.31. The van der Waals surface area contributed by atoms with Crippen LogP contribution in [0.3, 0.4) is 0 Å². The number of benzene rings is 1. The van der Waals surface area contributed by atoms with Gasteiger partial charge in [-0.25, -0.2) is 4.99 Å². The highest BCUT2D eigenvalue weighted by Crippen LogP contribution is 2.38. The Morgan fingerprint density at radius 3 is 2.59 bits per heavy atom. The van der Waals surface area contributed by atoms with Crippen molar-refractivity contribution in [1.29, 1.82) is 0 Å². The number of hydrogen-bond acceptors (Lipinski definition) is 3. The fourth-order valence-electron chi connectivity index (χ4n) is 3.62. The predicted molar refractivity (Wildman–Crippen MR) is 113 cm³/mol. The van der Waals surface area contributed by atoms with Crippen LogP contribution < -0.4 is 15.4 Å². The van der Waals surface area contributed by atoms with Crippen molar-refractivity contribution < 1.29 is 9.53 Å². The van der Waals surface area contributed by atoms with Gasteiger partial charge in [-0.05, 0) is 38.0 Å². The van der Waals surface area contributed by atoms with Gasteiger partial charge in [0.15, 0.2) is 5.96 Å². The van der Waals surface area contributed by atoms with Crippen molar-refractivity contribution in [1.82, 2.24) is 15.5 Å². The van der Waals surface area contributed by atoms with Gasteiger partial charge in [0.1, 0.15) is 5.75 Å². The average Bonchev–Trinajstić information content (AvgIpc) is 3.13. The molecule has 7 heteroatoms. The summed E-state index contributed by atoms with van der Waals surface area (Å²) in [4.78, 5) is 19.2. The molecule has 6 nitrogen and oxygen atoms in total. The second-order valence-corrected chi connectivity index (χ2v) is 8.11. The van der Waals surface area contributed by atoms with E-state index in [1.54, 1.807) is 12.0 Å². The number of rotatable bonds is 7. The molecule has 1 aliphatic carbocycles. The van der Waals surface area contributed by atoms with Crippen molar-refractivity contribution in [3.05, 3.63) is 28.2 Å². The maximum absolute atomic E-state index is 12.7. The second kappa shape index (κ2) is 9.97. The van der Waals surface area contributed by atoms with Gasteiger partial charge in [0.2, 0.25) is 5.91 Å². The fraction of sp³-hybridized carbons (Fsp3) is 0.600. The predicted octanol–water partition coefficient (Wildman–Crippen LogP) is 3.16. The minimum Gasteiger partial charge on any atom is -0.496 e. The Hall–Kier alpha value is -1.76. The van der Waals surface area contributed by atoms with Crippen LogP contribution in [-0.2, 0) is 11.3 Å². The van der Waals surface area contributed by atoms with Gasteiger partial charge in [-0.1, -0.05) is 28.8 Å². The lowest BCUT2D eigenvalue weighted by atomic mass is 9.84. The van der Waals surface area contributed by atoms with Gasteiger partial charge in [0, 0.05) is 37.2 Å². The third-order valence-corrected chi connectivity index (χ3v) is 5.50. The van der Waals surface area contributed by atoms with Crippen LogP contribution in [0.2, 0.25) is 0 Å². The topological polar surface area (TPSA) is 66.0 Å². The third kappa shape index (κ3) is 5.61. The SMILES string of the molecule is CCNC(=NCc1cc(Br)ccc1OC)NCC1(C(=O)N(C)C)CCCC1. The smallest absolute Gasteiger partial charge is 0.230 e. The number of methoxy groups -OCH3 is 1. The van der Waals surface area contributed by atoms with Crippen molar-refractivity contribution in [2.45, 2.75) is 39.2 Å². The summed E-state index contributed by atoms with van der Waals surface area (Å²) in [6.07, 6.45) is 4.06. The van der Waals surface area contributed by atoms with E-state index in [1.165, 1.54) is 0 Å². The van der Waals surface area contributed by atoms with E-state index in [-0.39, 0.29) is 11.3 Å². The van der Waals surface area contributed by atoms with Crippen molar-refractivity contribution in [3.63, 3.8) is 0 Å². The molecule has 1 amide bonds. The number of amides is 1. The van der Waals surface area contributed by atoms with Gasteiger partial charge in [-0.15, -0.1) is 0 Å². The minimum atomic E-state index is -0.326. The molecule has 0 aromatic heterocycles. The summed E-state index contributed by atoms with van der Waals surface area (Å²) < 4.78 is 6.42. The molecule has 27 heavy (non-hydrogen) atoms. The maximum Gasteiger partial charge on any atom is 0.230 e. The zero-order valence-corrected chi connectivity index (χ0v) is 18.4. The molecule has 1 saturated carbocycles. The summed E-state index contributed by atoms with van der Waals surface area (Å²) in [7, 11) is 5.33. The molecule has 0 bridgehead atoms. The first-order valence-electron chi connectivity index (χ1n) is 9.48. The van der Waals surface area contributed by atoms with Gasteiger partial charge < -0.3 is 20.3 Å². The standard InChI is InChI=1S/C20H31BrN4O2/c1-5-22-19(23-13-15-12-16(21)8-9-17(15)27-4)24-14-20(10-6-7-11-20)18(26)25(2)3/h8-9,12H,5-7,10-11,13-14H2,1-4H3,(H2,22,23,24). The van der Waals surface area contributed by atoms with Crippen molar-refractivity contribution >= 4 is 27.8 Å². The molecular weight excluding hydrogens is 408 g/mol. The number of carbonyl (C=O) groups is 1. The van der Waals surface area contributed by atoms with Crippen LogP contribution in [0.25, 0.3) is 0 Å². The summed E-state index contributed by atoms with van der Waals surface area (Å²) in [5.41, 5.74) is 0.677. The highest BCUT2D eigenvalue weighted by Gasteiger charge is 2.42. The number of aliphatic imine (C=N–C) groups is 1. The second-order valence-electron chi connectivity index (χ2n) is 7.19. The number of ether oxygens (including phenoxy) is 1. The number of hydrogen-bond donors (Lipinski definition) is 2. The summed E-state index contributed by atoms with van der Waals surface area (Å²) in [6.45, 7) is 3.89.